The van der Waals surface area contributed by atoms with E-state index >= 15 is 0 Å². The van der Waals surface area contributed by atoms with Crippen molar-refractivity contribution in [3.8, 4) is 0 Å². The molecular formula is C14H24IN3O4. The highest BCUT2D eigenvalue weighted by Gasteiger charge is 2.46. The van der Waals surface area contributed by atoms with E-state index in [2.05, 4.69) is 10.1 Å². The summed E-state index contributed by atoms with van der Waals surface area (Å²) in [5, 5.41) is 3.06. The van der Waals surface area contributed by atoms with Crippen molar-refractivity contribution < 1.29 is 19.1 Å². The van der Waals surface area contributed by atoms with Crippen LogP contribution < -0.4 is 11.1 Å². The largest absolute Gasteiger partial charge is 0.468 e. The first kappa shape index (κ1) is 19.1. The molecule has 22 heavy (non-hydrogen) atoms. The van der Waals surface area contributed by atoms with E-state index in [9.17, 15) is 14.4 Å². The number of methoxy groups -OCH3 is 1. The fourth-order valence-electron chi connectivity index (χ4n) is 3.30. The molecule has 0 aromatic carbocycles. The maximum absolute atomic E-state index is 12.1. The van der Waals surface area contributed by atoms with Crippen molar-refractivity contribution in [3.63, 3.8) is 0 Å². The van der Waals surface area contributed by atoms with Gasteiger partial charge in [0.15, 0.2) is 0 Å². The average molecular weight is 425 g/mol. The van der Waals surface area contributed by atoms with Gasteiger partial charge in [0.2, 0.25) is 11.8 Å². The number of halogens is 1. The Bertz CT molecular complexity index is 449. The first-order valence-electron chi connectivity index (χ1n) is 7.28. The Labute approximate surface area is 147 Å². The Morgan fingerprint density at radius 2 is 2.05 bits per heavy atom. The minimum atomic E-state index is -0.766. The Morgan fingerprint density at radius 3 is 2.55 bits per heavy atom. The molecule has 0 saturated carbocycles. The van der Waals surface area contributed by atoms with E-state index in [1.54, 1.807) is 11.8 Å². The van der Waals surface area contributed by atoms with Gasteiger partial charge in [-0.05, 0) is 25.7 Å². The second-order valence-corrected chi connectivity index (χ2v) is 6.04. The molecule has 7 nitrogen and oxygen atoms in total. The SMILES string of the molecule is COC(=O)C(N)CC1CC2(CCN(C(C)=O)CC2)NC1=O.I. The molecule has 126 valence electrons. The Kier molecular flexibility index (Phi) is 6.60. The molecule has 2 heterocycles. The number of rotatable bonds is 3. The highest BCUT2D eigenvalue weighted by molar-refractivity contribution is 14.0. The molecule has 1 spiro atoms. The minimum Gasteiger partial charge on any atom is -0.468 e. The Hall–Kier alpha value is -0.900. The van der Waals surface area contributed by atoms with Gasteiger partial charge >= 0.3 is 5.97 Å². The van der Waals surface area contributed by atoms with Crippen LogP contribution >= 0.6 is 24.0 Å². The van der Waals surface area contributed by atoms with Gasteiger partial charge in [0.1, 0.15) is 6.04 Å². The zero-order valence-corrected chi connectivity index (χ0v) is 15.3. The zero-order chi connectivity index (χ0) is 15.6. The van der Waals surface area contributed by atoms with Gasteiger partial charge in [-0.1, -0.05) is 0 Å². The van der Waals surface area contributed by atoms with Crippen molar-refractivity contribution in [1.82, 2.24) is 10.2 Å². The number of amides is 2. The van der Waals surface area contributed by atoms with Gasteiger partial charge in [-0.2, -0.15) is 0 Å². The van der Waals surface area contributed by atoms with E-state index in [4.69, 9.17) is 5.73 Å². The lowest BCUT2D eigenvalue weighted by atomic mass is 9.82. The second-order valence-electron chi connectivity index (χ2n) is 6.04. The molecular weight excluding hydrogens is 401 g/mol. The number of ether oxygens (including phenoxy) is 1. The van der Waals surface area contributed by atoms with Crippen LogP contribution in [-0.2, 0) is 19.1 Å². The van der Waals surface area contributed by atoms with Crippen molar-refractivity contribution in [2.24, 2.45) is 11.7 Å². The molecule has 0 radical (unpaired) electrons. The van der Waals surface area contributed by atoms with Crippen LogP contribution in [0.2, 0.25) is 0 Å². The number of nitrogens with two attached hydrogens (primary N) is 1. The van der Waals surface area contributed by atoms with Crippen molar-refractivity contribution in [3.05, 3.63) is 0 Å². The molecule has 3 N–H and O–H groups in total. The zero-order valence-electron chi connectivity index (χ0n) is 13.0. The predicted octanol–water partition coefficient (Wildman–Crippen LogP) is 0.0120. The number of hydrogen-bond acceptors (Lipinski definition) is 5. The number of piperidine rings is 1. The average Bonchev–Trinajstić information content (AvgIpc) is 2.74. The summed E-state index contributed by atoms with van der Waals surface area (Å²) in [4.78, 5) is 36.6. The van der Waals surface area contributed by atoms with Crippen LogP contribution in [-0.4, -0.2) is 54.5 Å². The predicted molar refractivity (Wildman–Crippen MR) is 90.5 cm³/mol. The van der Waals surface area contributed by atoms with Crippen molar-refractivity contribution in [2.45, 2.75) is 44.2 Å². The molecule has 0 bridgehead atoms. The number of likely N-dealkylation sites (tertiary alicyclic amines) is 1. The lowest BCUT2D eigenvalue weighted by Crippen LogP contribution is -2.51. The summed E-state index contributed by atoms with van der Waals surface area (Å²) in [7, 11) is 1.29. The molecule has 0 aliphatic carbocycles. The summed E-state index contributed by atoms with van der Waals surface area (Å²) in [5.41, 5.74) is 5.50. The standard InChI is InChI=1S/C14H23N3O4.HI/c1-9(18)17-5-3-14(4-6-17)8-10(12(19)16-14)7-11(15)13(20)21-2;/h10-11H,3-8,15H2,1-2H3,(H,16,19);1H. The van der Waals surface area contributed by atoms with Crippen molar-refractivity contribution >= 4 is 41.8 Å². The molecule has 2 atom stereocenters. The normalized spacial score (nSPS) is 24.4. The minimum absolute atomic E-state index is 0. The molecule has 2 fully saturated rings. The van der Waals surface area contributed by atoms with Crippen molar-refractivity contribution in [2.75, 3.05) is 20.2 Å². The van der Waals surface area contributed by atoms with Crippen LogP contribution in [0.3, 0.4) is 0 Å². The van der Waals surface area contributed by atoms with E-state index < -0.39 is 12.0 Å². The smallest absolute Gasteiger partial charge is 0.322 e. The number of nitrogens with one attached hydrogen (secondary N) is 1. The summed E-state index contributed by atoms with van der Waals surface area (Å²) >= 11 is 0. The highest BCUT2D eigenvalue weighted by Crippen LogP contribution is 2.36. The summed E-state index contributed by atoms with van der Waals surface area (Å²) in [5.74, 6) is -0.734. The summed E-state index contributed by atoms with van der Waals surface area (Å²) < 4.78 is 4.60. The fraction of sp³-hybridized carbons (Fsp3) is 0.786. The van der Waals surface area contributed by atoms with Gasteiger partial charge in [-0.15, -0.1) is 24.0 Å². The van der Waals surface area contributed by atoms with E-state index in [-0.39, 0.29) is 47.2 Å². The first-order chi connectivity index (χ1) is 9.87. The quantitative estimate of drug-likeness (QED) is 0.490. The molecule has 0 aromatic heterocycles. The molecule has 2 rings (SSSR count). The van der Waals surface area contributed by atoms with Gasteiger partial charge in [0, 0.05) is 31.5 Å². The van der Waals surface area contributed by atoms with Crippen LogP contribution in [0.5, 0.6) is 0 Å². The third-order valence-electron chi connectivity index (χ3n) is 4.60. The van der Waals surface area contributed by atoms with Crippen LogP contribution in [0.25, 0.3) is 0 Å². The lowest BCUT2D eigenvalue weighted by Gasteiger charge is -2.39. The number of hydrogen-bond donors (Lipinski definition) is 2. The van der Waals surface area contributed by atoms with Crippen LogP contribution in [0.4, 0.5) is 0 Å². The summed E-state index contributed by atoms with van der Waals surface area (Å²) in [6.45, 7) is 2.88. The van der Waals surface area contributed by atoms with Gasteiger partial charge < -0.3 is 20.7 Å². The fourth-order valence-corrected chi connectivity index (χ4v) is 3.30. The van der Waals surface area contributed by atoms with E-state index in [1.165, 1.54) is 7.11 Å². The first-order valence-corrected chi connectivity index (χ1v) is 7.28. The molecule has 2 saturated heterocycles. The Morgan fingerprint density at radius 1 is 1.45 bits per heavy atom. The maximum atomic E-state index is 12.1. The Balaban J connectivity index is 0.00000242. The summed E-state index contributed by atoms with van der Waals surface area (Å²) in [6.07, 6.45) is 2.48. The molecule has 2 unspecified atom stereocenters. The van der Waals surface area contributed by atoms with E-state index in [0.29, 0.717) is 25.9 Å². The third-order valence-corrected chi connectivity index (χ3v) is 4.60. The van der Waals surface area contributed by atoms with Gasteiger partial charge in [0.25, 0.3) is 0 Å². The van der Waals surface area contributed by atoms with Gasteiger partial charge in [0.05, 0.1) is 7.11 Å². The van der Waals surface area contributed by atoms with Crippen LogP contribution in [0, 0.1) is 5.92 Å². The van der Waals surface area contributed by atoms with Crippen LogP contribution in [0.1, 0.15) is 32.6 Å². The van der Waals surface area contributed by atoms with Gasteiger partial charge in [-0.25, -0.2) is 0 Å². The molecule has 2 amide bonds. The van der Waals surface area contributed by atoms with E-state index in [1.807, 2.05) is 0 Å². The highest BCUT2D eigenvalue weighted by atomic mass is 127. The van der Waals surface area contributed by atoms with Crippen molar-refractivity contribution in [1.29, 1.82) is 0 Å². The van der Waals surface area contributed by atoms with Gasteiger partial charge in [-0.3, -0.25) is 14.4 Å². The molecule has 2 aliphatic rings. The third kappa shape index (κ3) is 4.09. The lowest BCUT2D eigenvalue weighted by molar-refractivity contribution is -0.142. The van der Waals surface area contributed by atoms with Crippen LogP contribution in [0.15, 0.2) is 0 Å². The number of esters is 1. The van der Waals surface area contributed by atoms with E-state index in [0.717, 1.165) is 12.8 Å². The topological polar surface area (TPSA) is 102 Å². The number of carbonyl (C=O) groups excluding carboxylic acids is 3. The second kappa shape index (κ2) is 7.58. The number of nitrogens with zero attached hydrogens (tertiary/aromatic N) is 1. The summed E-state index contributed by atoms with van der Waals surface area (Å²) in [6, 6.07) is -0.766. The number of carbonyl (C=O) groups is 3. The maximum Gasteiger partial charge on any atom is 0.322 e. The molecule has 8 heteroatoms. The monoisotopic (exact) mass is 425 g/mol. The molecule has 2 aliphatic heterocycles. The molecule has 0 aromatic rings.